The van der Waals surface area contributed by atoms with Crippen molar-refractivity contribution in [2.75, 3.05) is 13.1 Å². The van der Waals surface area contributed by atoms with Gasteiger partial charge in [0.2, 0.25) is 5.91 Å². The van der Waals surface area contributed by atoms with Gasteiger partial charge < -0.3 is 10.4 Å². The van der Waals surface area contributed by atoms with Gasteiger partial charge in [-0.2, -0.15) is 0 Å². The van der Waals surface area contributed by atoms with Gasteiger partial charge in [0.1, 0.15) is 0 Å². The van der Waals surface area contributed by atoms with Crippen molar-refractivity contribution in [2.24, 2.45) is 0 Å². The predicted molar refractivity (Wildman–Crippen MR) is 72.4 cm³/mol. The molecule has 1 aliphatic heterocycles. The number of aliphatic hydroxyl groups is 1. The molecule has 0 radical (unpaired) electrons. The lowest BCUT2D eigenvalue weighted by atomic mass is 10.1. The smallest absolute Gasteiger partial charge is 0.237 e. The molecular formula is C13H20N2O2S. The maximum Gasteiger partial charge on any atom is 0.237 e. The van der Waals surface area contributed by atoms with Gasteiger partial charge in [0, 0.05) is 18.0 Å². The topological polar surface area (TPSA) is 52.6 Å². The molecule has 2 rings (SSSR count). The minimum absolute atomic E-state index is 0.0692. The highest BCUT2D eigenvalue weighted by Gasteiger charge is 2.25. The van der Waals surface area contributed by atoms with Crippen LogP contribution in [0.4, 0.5) is 0 Å². The van der Waals surface area contributed by atoms with Crippen molar-refractivity contribution >= 4 is 17.2 Å². The van der Waals surface area contributed by atoms with E-state index in [9.17, 15) is 9.90 Å². The van der Waals surface area contributed by atoms with E-state index in [0.29, 0.717) is 6.54 Å². The number of nitrogens with zero attached hydrogens (tertiary/aromatic N) is 1. The molecule has 1 saturated heterocycles. The molecule has 4 nitrogen and oxygen atoms in total. The van der Waals surface area contributed by atoms with E-state index in [4.69, 9.17) is 0 Å². The van der Waals surface area contributed by atoms with Crippen LogP contribution in [0.2, 0.25) is 0 Å². The van der Waals surface area contributed by atoms with Crippen molar-refractivity contribution < 1.29 is 9.90 Å². The van der Waals surface area contributed by atoms with Crippen molar-refractivity contribution in [2.45, 2.75) is 38.5 Å². The first-order chi connectivity index (χ1) is 8.66. The highest BCUT2D eigenvalue weighted by molar-refractivity contribution is 7.09. The highest BCUT2D eigenvalue weighted by Crippen LogP contribution is 2.13. The quantitative estimate of drug-likeness (QED) is 0.863. The molecule has 5 heteroatoms. The Morgan fingerprint density at radius 1 is 1.61 bits per heavy atom. The summed E-state index contributed by atoms with van der Waals surface area (Å²) in [6, 6.07) is 3.89. The maximum absolute atomic E-state index is 12.0. The number of nitrogens with one attached hydrogen (secondary N) is 1. The second-order valence-electron chi connectivity index (χ2n) is 4.74. The molecule has 1 fully saturated rings. The monoisotopic (exact) mass is 268 g/mol. The lowest BCUT2D eigenvalue weighted by Gasteiger charge is -2.33. The minimum atomic E-state index is -0.192. The zero-order valence-corrected chi connectivity index (χ0v) is 11.4. The summed E-state index contributed by atoms with van der Waals surface area (Å²) < 4.78 is 0. The molecule has 0 saturated carbocycles. The number of carbonyl (C=O) groups excluding carboxylic acids is 1. The summed E-state index contributed by atoms with van der Waals surface area (Å²) in [5, 5.41) is 14.4. The van der Waals surface area contributed by atoms with Crippen molar-refractivity contribution in [3.63, 3.8) is 0 Å². The summed E-state index contributed by atoms with van der Waals surface area (Å²) in [5.74, 6) is 0.0692. The molecule has 1 aromatic heterocycles. The van der Waals surface area contributed by atoms with Gasteiger partial charge in [-0.15, -0.1) is 11.3 Å². The highest BCUT2D eigenvalue weighted by atomic mass is 32.1. The summed E-state index contributed by atoms with van der Waals surface area (Å²) in [6.07, 6.45) is 1.34. The summed E-state index contributed by atoms with van der Waals surface area (Å²) in [6.45, 7) is 4.14. The Morgan fingerprint density at radius 3 is 2.94 bits per heavy atom. The average molecular weight is 268 g/mol. The third-order valence-electron chi connectivity index (χ3n) is 3.44. The van der Waals surface area contributed by atoms with Crippen LogP contribution in [0.15, 0.2) is 17.5 Å². The van der Waals surface area contributed by atoms with E-state index in [0.717, 1.165) is 25.9 Å². The van der Waals surface area contributed by atoms with E-state index in [2.05, 4.69) is 10.2 Å². The first kappa shape index (κ1) is 13.5. The van der Waals surface area contributed by atoms with Gasteiger partial charge >= 0.3 is 0 Å². The molecule has 100 valence electrons. The average Bonchev–Trinajstić information content (AvgIpc) is 2.89. The first-order valence-corrected chi connectivity index (χ1v) is 7.27. The molecular weight excluding hydrogens is 248 g/mol. The van der Waals surface area contributed by atoms with Crippen LogP contribution in [-0.2, 0) is 11.3 Å². The lowest BCUT2D eigenvalue weighted by Crippen LogP contribution is -2.48. The molecule has 1 aliphatic rings. The Bertz CT molecular complexity index is 372. The first-order valence-electron chi connectivity index (χ1n) is 6.39. The third kappa shape index (κ3) is 3.54. The van der Waals surface area contributed by atoms with Gasteiger partial charge in [-0.3, -0.25) is 9.69 Å². The summed E-state index contributed by atoms with van der Waals surface area (Å²) in [7, 11) is 0. The van der Waals surface area contributed by atoms with Crippen LogP contribution in [0.25, 0.3) is 0 Å². The minimum Gasteiger partial charge on any atom is -0.393 e. The van der Waals surface area contributed by atoms with Gasteiger partial charge in [0.05, 0.1) is 18.7 Å². The van der Waals surface area contributed by atoms with Crippen molar-refractivity contribution in [3.8, 4) is 0 Å². The molecule has 0 unspecified atom stereocenters. The van der Waals surface area contributed by atoms with Gasteiger partial charge in [0.25, 0.3) is 0 Å². The number of thiophene rings is 1. The Hall–Kier alpha value is -0.910. The summed E-state index contributed by atoms with van der Waals surface area (Å²) in [4.78, 5) is 15.3. The van der Waals surface area contributed by atoms with Crippen molar-refractivity contribution in [3.05, 3.63) is 22.4 Å². The largest absolute Gasteiger partial charge is 0.393 e. The molecule has 1 aromatic rings. The Morgan fingerprint density at radius 2 is 2.33 bits per heavy atom. The molecule has 2 N–H and O–H groups in total. The normalized spacial score (nSPS) is 19.7. The fraction of sp³-hybridized carbons (Fsp3) is 0.615. The van der Waals surface area contributed by atoms with Crippen molar-refractivity contribution in [1.82, 2.24) is 10.2 Å². The number of rotatable bonds is 4. The van der Waals surface area contributed by atoms with Crippen molar-refractivity contribution in [1.29, 1.82) is 0 Å². The van der Waals surface area contributed by atoms with Gasteiger partial charge in [0.15, 0.2) is 0 Å². The Balaban J connectivity index is 1.77. The number of hydrogen-bond donors (Lipinski definition) is 2. The van der Waals surface area contributed by atoms with E-state index in [1.165, 1.54) is 4.88 Å². The second-order valence-corrected chi connectivity index (χ2v) is 5.77. The number of piperidine rings is 1. The van der Waals surface area contributed by atoms with E-state index in [1.54, 1.807) is 11.3 Å². The van der Waals surface area contributed by atoms with Crippen LogP contribution in [-0.4, -0.2) is 41.1 Å². The SMILES string of the molecule is C[C@H](C(=O)NCc1cccs1)N1CCC(O)CC1. The zero-order valence-electron chi connectivity index (χ0n) is 10.6. The standard InChI is InChI=1S/C13H20N2O2S/c1-10(15-6-4-11(16)5-7-15)13(17)14-9-12-3-2-8-18-12/h2-3,8,10-11,16H,4-7,9H2,1H3,(H,14,17)/t10-/m1/s1. The fourth-order valence-corrected chi connectivity index (χ4v) is 2.82. The second kappa shape index (κ2) is 6.31. The number of likely N-dealkylation sites (tertiary alicyclic amines) is 1. The molecule has 18 heavy (non-hydrogen) atoms. The Kier molecular flexibility index (Phi) is 4.74. The number of carbonyl (C=O) groups is 1. The molecule has 0 bridgehead atoms. The maximum atomic E-state index is 12.0. The molecule has 0 aliphatic carbocycles. The molecule has 1 atom stereocenters. The summed E-state index contributed by atoms with van der Waals surface area (Å²) >= 11 is 1.65. The number of aliphatic hydroxyl groups excluding tert-OH is 1. The third-order valence-corrected chi connectivity index (χ3v) is 4.32. The van der Waals surface area contributed by atoms with Gasteiger partial charge in [-0.25, -0.2) is 0 Å². The summed E-state index contributed by atoms with van der Waals surface area (Å²) in [5.41, 5.74) is 0. The van der Waals surface area contributed by atoms with Gasteiger partial charge in [-0.05, 0) is 31.2 Å². The fourth-order valence-electron chi connectivity index (χ4n) is 2.17. The Labute approximate surface area is 112 Å². The van der Waals surface area contributed by atoms with E-state index in [1.807, 2.05) is 24.4 Å². The van der Waals surface area contributed by atoms with Gasteiger partial charge in [-0.1, -0.05) is 6.07 Å². The molecule has 2 heterocycles. The van der Waals surface area contributed by atoms with Crippen LogP contribution in [0.5, 0.6) is 0 Å². The predicted octanol–water partition coefficient (Wildman–Crippen LogP) is 1.21. The number of hydrogen-bond acceptors (Lipinski definition) is 4. The van der Waals surface area contributed by atoms with Crippen LogP contribution in [0.1, 0.15) is 24.6 Å². The molecule has 0 spiro atoms. The lowest BCUT2D eigenvalue weighted by molar-refractivity contribution is -0.126. The van der Waals surface area contributed by atoms with E-state index >= 15 is 0 Å². The number of amides is 1. The zero-order chi connectivity index (χ0) is 13.0. The van der Waals surface area contributed by atoms with E-state index in [-0.39, 0.29) is 18.1 Å². The van der Waals surface area contributed by atoms with Crippen LogP contribution in [0, 0.1) is 0 Å². The molecule has 0 aromatic carbocycles. The van der Waals surface area contributed by atoms with Crippen LogP contribution in [0.3, 0.4) is 0 Å². The van der Waals surface area contributed by atoms with Crippen LogP contribution >= 0.6 is 11.3 Å². The molecule has 1 amide bonds. The van der Waals surface area contributed by atoms with E-state index < -0.39 is 0 Å². The van der Waals surface area contributed by atoms with Crippen LogP contribution < -0.4 is 5.32 Å².